The summed E-state index contributed by atoms with van der Waals surface area (Å²) in [6.45, 7) is 0. The third-order valence-electron chi connectivity index (χ3n) is 2.13. The number of fused-ring (bicyclic) bond motifs is 3. The van der Waals surface area contributed by atoms with Crippen LogP contribution in [-0.2, 0) is 0 Å². The van der Waals surface area contributed by atoms with Crippen LogP contribution in [0.5, 0.6) is 0 Å². The fourth-order valence-corrected chi connectivity index (χ4v) is 1.50. The van der Waals surface area contributed by atoms with Crippen LogP contribution in [0.3, 0.4) is 0 Å². The van der Waals surface area contributed by atoms with Crippen LogP contribution in [0.2, 0.25) is 0 Å². The van der Waals surface area contributed by atoms with Gasteiger partial charge >= 0.3 is 0 Å². The van der Waals surface area contributed by atoms with Crippen molar-refractivity contribution in [3.8, 4) is 0 Å². The first-order valence-electron chi connectivity index (χ1n) is 3.89. The Balaban J connectivity index is 2.74. The predicted molar refractivity (Wildman–Crippen MR) is 48.6 cm³/mol. The van der Waals surface area contributed by atoms with Crippen LogP contribution in [0.25, 0.3) is 21.9 Å². The van der Waals surface area contributed by atoms with E-state index in [-0.39, 0.29) is 5.56 Å². The Bertz CT molecular complexity index is 630. The standard InChI is InChI=1S/C8H6N4O/c13-8-5-3-10-7-4(1-2-9-7)6(5)11-12-8/h1-3H,(H,9,10)(H2,11,12,13). The van der Waals surface area contributed by atoms with E-state index in [0.717, 1.165) is 16.6 Å². The van der Waals surface area contributed by atoms with Crippen molar-refractivity contribution in [1.82, 2.24) is 20.2 Å². The number of rotatable bonds is 0. The Hall–Kier alpha value is -2.04. The van der Waals surface area contributed by atoms with Crippen molar-refractivity contribution in [1.29, 1.82) is 0 Å². The lowest BCUT2D eigenvalue weighted by Crippen LogP contribution is -1.97. The predicted octanol–water partition coefficient (Wildman–Crippen LogP) is 0.732. The molecule has 13 heavy (non-hydrogen) atoms. The maximum Gasteiger partial charge on any atom is 0.273 e. The summed E-state index contributed by atoms with van der Waals surface area (Å²) in [6.07, 6.45) is 3.35. The molecule has 0 spiro atoms. The Morgan fingerprint density at radius 1 is 1.23 bits per heavy atom. The van der Waals surface area contributed by atoms with E-state index in [2.05, 4.69) is 20.2 Å². The molecule has 3 rings (SSSR count). The van der Waals surface area contributed by atoms with E-state index < -0.39 is 0 Å². The maximum absolute atomic E-state index is 11.2. The lowest BCUT2D eigenvalue weighted by Gasteiger charge is -1.88. The normalized spacial score (nSPS) is 11.4. The largest absolute Gasteiger partial charge is 0.346 e. The molecular weight excluding hydrogens is 168 g/mol. The monoisotopic (exact) mass is 174 g/mol. The lowest BCUT2D eigenvalue weighted by atomic mass is 10.2. The average molecular weight is 174 g/mol. The fourth-order valence-electron chi connectivity index (χ4n) is 1.50. The van der Waals surface area contributed by atoms with Crippen molar-refractivity contribution in [2.75, 3.05) is 0 Å². The second kappa shape index (κ2) is 2.01. The van der Waals surface area contributed by atoms with Gasteiger partial charge in [0, 0.05) is 17.8 Å². The zero-order valence-corrected chi connectivity index (χ0v) is 6.59. The zero-order chi connectivity index (χ0) is 8.84. The first kappa shape index (κ1) is 6.47. The van der Waals surface area contributed by atoms with Crippen LogP contribution in [0, 0.1) is 0 Å². The summed E-state index contributed by atoms with van der Waals surface area (Å²) in [5.41, 5.74) is 1.45. The molecule has 3 aromatic heterocycles. The summed E-state index contributed by atoms with van der Waals surface area (Å²) >= 11 is 0. The Morgan fingerprint density at radius 2 is 2.15 bits per heavy atom. The van der Waals surface area contributed by atoms with Crippen LogP contribution in [0.15, 0.2) is 23.3 Å². The van der Waals surface area contributed by atoms with E-state index in [0.29, 0.717) is 5.39 Å². The molecule has 0 fully saturated rings. The second-order valence-corrected chi connectivity index (χ2v) is 2.87. The molecule has 3 aromatic rings. The number of aromatic nitrogens is 4. The van der Waals surface area contributed by atoms with E-state index >= 15 is 0 Å². The van der Waals surface area contributed by atoms with Gasteiger partial charge in [0.05, 0.1) is 10.9 Å². The minimum absolute atomic E-state index is 0.134. The van der Waals surface area contributed by atoms with Crippen LogP contribution in [-0.4, -0.2) is 20.2 Å². The molecular formula is C8H6N4O. The quantitative estimate of drug-likeness (QED) is 0.470. The van der Waals surface area contributed by atoms with Crippen molar-refractivity contribution in [3.63, 3.8) is 0 Å². The summed E-state index contributed by atoms with van der Waals surface area (Å²) < 4.78 is 0. The van der Waals surface area contributed by atoms with Gasteiger partial charge in [-0.1, -0.05) is 0 Å². The molecule has 3 heterocycles. The summed E-state index contributed by atoms with van der Waals surface area (Å²) in [7, 11) is 0. The third-order valence-corrected chi connectivity index (χ3v) is 2.13. The van der Waals surface area contributed by atoms with E-state index in [1.54, 1.807) is 12.4 Å². The molecule has 0 aliphatic heterocycles. The molecule has 5 heteroatoms. The highest BCUT2D eigenvalue weighted by atomic mass is 16.1. The van der Waals surface area contributed by atoms with Gasteiger partial charge in [-0.2, -0.15) is 0 Å². The van der Waals surface area contributed by atoms with Gasteiger partial charge in [-0.25, -0.2) is 4.98 Å². The Kier molecular flexibility index (Phi) is 0.999. The molecule has 0 saturated heterocycles. The zero-order valence-electron chi connectivity index (χ0n) is 6.59. The summed E-state index contributed by atoms with van der Waals surface area (Å²) in [5.74, 6) is 0. The second-order valence-electron chi connectivity index (χ2n) is 2.87. The number of hydrogen-bond donors (Lipinski definition) is 3. The highest BCUT2D eigenvalue weighted by molar-refractivity contribution is 6.01. The van der Waals surface area contributed by atoms with Crippen LogP contribution in [0.4, 0.5) is 0 Å². The van der Waals surface area contributed by atoms with Crippen molar-refractivity contribution in [2.45, 2.75) is 0 Å². The first-order valence-corrected chi connectivity index (χ1v) is 3.89. The van der Waals surface area contributed by atoms with E-state index in [9.17, 15) is 4.79 Å². The van der Waals surface area contributed by atoms with E-state index in [4.69, 9.17) is 0 Å². The number of hydrogen-bond acceptors (Lipinski definition) is 2. The Labute approximate surface area is 71.8 Å². The van der Waals surface area contributed by atoms with Gasteiger partial charge in [-0.05, 0) is 6.07 Å². The lowest BCUT2D eigenvalue weighted by molar-refractivity contribution is 1.08. The van der Waals surface area contributed by atoms with Gasteiger partial charge in [0.1, 0.15) is 5.65 Å². The minimum Gasteiger partial charge on any atom is -0.346 e. The molecule has 0 radical (unpaired) electrons. The average Bonchev–Trinajstić information content (AvgIpc) is 2.70. The van der Waals surface area contributed by atoms with Crippen LogP contribution in [0.1, 0.15) is 0 Å². The van der Waals surface area contributed by atoms with Gasteiger partial charge in [0.15, 0.2) is 0 Å². The van der Waals surface area contributed by atoms with Crippen molar-refractivity contribution in [2.24, 2.45) is 0 Å². The molecule has 0 unspecified atom stereocenters. The SMILES string of the molecule is O=c1[nH][nH]c2c1cnc1[nH]ccc12. The van der Waals surface area contributed by atoms with Gasteiger partial charge in [0.25, 0.3) is 5.56 Å². The third kappa shape index (κ3) is 0.703. The number of nitrogens with one attached hydrogen (secondary N) is 3. The van der Waals surface area contributed by atoms with Crippen molar-refractivity contribution >= 4 is 21.9 Å². The van der Waals surface area contributed by atoms with Crippen molar-refractivity contribution < 1.29 is 0 Å². The number of H-pyrrole nitrogens is 3. The minimum atomic E-state index is -0.134. The molecule has 0 bridgehead atoms. The van der Waals surface area contributed by atoms with Gasteiger partial charge in [-0.15, -0.1) is 0 Å². The van der Waals surface area contributed by atoms with Gasteiger partial charge in [-0.3, -0.25) is 15.0 Å². The molecule has 64 valence electrons. The molecule has 5 nitrogen and oxygen atoms in total. The molecule has 0 saturated carbocycles. The highest BCUT2D eigenvalue weighted by Crippen LogP contribution is 2.17. The molecule has 0 aliphatic carbocycles. The van der Waals surface area contributed by atoms with Crippen molar-refractivity contribution in [3.05, 3.63) is 28.8 Å². The Morgan fingerprint density at radius 3 is 3.08 bits per heavy atom. The smallest absolute Gasteiger partial charge is 0.273 e. The topological polar surface area (TPSA) is 77.3 Å². The fraction of sp³-hybridized carbons (Fsp3) is 0. The van der Waals surface area contributed by atoms with Crippen LogP contribution >= 0.6 is 0 Å². The molecule has 0 aliphatic rings. The van der Waals surface area contributed by atoms with Crippen LogP contribution < -0.4 is 5.56 Å². The number of aromatic amines is 3. The number of pyridine rings is 1. The molecule has 0 atom stereocenters. The molecule has 0 amide bonds. The molecule has 3 N–H and O–H groups in total. The summed E-state index contributed by atoms with van der Waals surface area (Å²) in [5, 5.41) is 6.86. The summed E-state index contributed by atoms with van der Waals surface area (Å²) in [6, 6.07) is 1.88. The maximum atomic E-state index is 11.2. The highest BCUT2D eigenvalue weighted by Gasteiger charge is 2.05. The van der Waals surface area contributed by atoms with Gasteiger partial charge < -0.3 is 4.98 Å². The van der Waals surface area contributed by atoms with E-state index in [1.165, 1.54) is 0 Å². The molecule has 0 aromatic carbocycles. The first-order chi connectivity index (χ1) is 6.36. The number of nitrogens with zero attached hydrogens (tertiary/aromatic N) is 1. The van der Waals surface area contributed by atoms with E-state index in [1.807, 2.05) is 6.07 Å². The summed E-state index contributed by atoms with van der Waals surface area (Å²) in [4.78, 5) is 18.3. The van der Waals surface area contributed by atoms with Gasteiger partial charge in [0.2, 0.25) is 0 Å².